The molecule has 7 heteroatoms. The largest absolute Gasteiger partial charge is 0.417 e. The van der Waals surface area contributed by atoms with Crippen LogP contribution in [0.1, 0.15) is 5.56 Å². The summed E-state index contributed by atoms with van der Waals surface area (Å²) in [5.41, 5.74) is 6.04. The number of fused-ring (bicyclic) bond motifs is 1. The van der Waals surface area contributed by atoms with Gasteiger partial charge in [0, 0.05) is 6.20 Å². The summed E-state index contributed by atoms with van der Waals surface area (Å²) in [5.74, 6) is 0.212. The van der Waals surface area contributed by atoms with Crippen LogP contribution in [-0.2, 0) is 6.18 Å². The van der Waals surface area contributed by atoms with E-state index in [0.29, 0.717) is 11.3 Å². The number of hydrogen-bond donors (Lipinski definition) is 1. The number of nitrogen functional groups attached to an aromatic ring is 1. The van der Waals surface area contributed by atoms with Gasteiger partial charge in [-0.15, -0.1) is 11.3 Å². The molecule has 0 spiro atoms. The van der Waals surface area contributed by atoms with Crippen molar-refractivity contribution in [1.82, 2.24) is 9.38 Å². The van der Waals surface area contributed by atoms with Gasteiger partial charge in [0.05, 0.1) is 10.4 Å². The molecule has 0 radical (unpaired) electrons. The lowest BCUT2D eigenvalue weighted by Crippen LogP contribution is -2.06. The molecule has 0 aromatic carbocycles. The first kappa shape index (κ1) is 12.0. The van der Waals surface area contributed by atoms with Gasteiger partial charge in [0.1, 0.15) is 17.2 Å². The van der Waals surface area contributed by atoms with Gasteiger partial charge in [-0.25, -0.2) is 4.98 Å². The highest BCUT2D eigenvalue weighted by Gasteiger charge is 2.31. The van der Waals surface area contributed by atoms with Crippen molar-refractivity contribution in [3.63, 3.8) is 0 Å². The molecule has 3 heterocycles. The fourth-order valence-electron chi connectivity index (χ4n) is 1.83. The van der Waals surface area contributed by atoms with Crippen molar-refractivity contribution in [2.45, 2.75) is 6.18 Å². The van der Waals surface area contributed by atoms with Crippen molar-refractivity contribution in [3.05, 3.63) is 41.4 Å². The summed E-state index contributed by atoms with van der Waals surface area (Å²) in [6.07, 6.45) is -3.43. The normalized spacial score (nSPS) is 12.2. The Bertz CT molecular complexity index is 729. The lowest BCUT2D eigenvalue weighted by Gasteiger charge is -2.06. The van der Waals surface area contributed by atoms with E-state index in [1.54, 1.807) is 0 Å². The van der Waals surface area contributed by atoms with Crippen LogP contribution in [0.4, 0.5) is 19.0 Å². The summed E-state index contributed by atoms with van der Waals surface area (Å²) in [4.78, 5) is 5.09. The first-order chi connectivity index (χ1) is 8.97. The Morgan fingerprint density at radius 1 is 1.21 bits per heavy atom. The number of aromatic nitrogens is 2. The summed E-state index contributed by atoms with van der Waals surface area (Å²) in [5, 5.41) is 1.86. The van der Waals surface area contributed by atoms with E-state index in [4.69, 9.17) is 5.73 Å². The second-order valence-electron chi connectivity index (χ2n) is 3.97. The van der Waals surface area contributed by atoms with Crippen LogP contribution in [0.3, 0.4) is 0 Å². The van der Waals surface area contributed by atoms with Gasteiger partial charge in [-0.2, -0.15) is 13.2 Å². The van der Waals surface area contributed by atoms with Gasteiger partial charge < -0.3 is 5.73 Å². The lowest BCUT2D eigenvalue weighted by atomic mass is 10.3. The Kier molecular flexibility index (Phi) is 2.53. The number of pyridine rings is 1. The minimum Gasteiger partial charge on any atom is -0.383 e. The van der Waals surface area contributed by atoms with Crippen molar-refractivity contribution in [2.75, 3.05) is 5.73 Å². The molecule has 0 fully saturated rings. The molecular formula is C12H8F3N3S. The SMILES string of the molecule is Nc1c(-c2cccs2)nc2ccc(C(F)(F)F)cn12. The van der Waals surface area contributed by atoms with Gasteiger partial charge in [-0.1, -0.05) is 6.07 Å². The van der Waals surface area contributed by atoms with Crippen LogP contribution in [0.15, 0.2) is 35.8 Å². The Morgan fingerprint density at radius 3 is 2.63 bits per heavy atom. The fourth-order valence-corrected chi connectivity index (χ4v) is 2.55. The van der Waals surface area contributed by atoms with Gasteiger partial charge in [0.2, 0.25) is 0 Å². The van der Waals surface area contributed by atoms with Crippen LogP contribution in [0.25, 0.3) is 16.2 Å². The number of anilines is 1. The molecule has 3 aromatic heterocycles. The molecule has 19 heavy (non-hydrogen) atoms. The number of imidazole rings is 1. The molecule has 0 saturated carbocycles. The molecule has 0 saturated heterocycles. The zero-order chi connectivity index (χ0) is 13.6. The number of alkyl halides is 3. The molecule has 2 N–H and O–H groups in total. The first-order valence-corrected chi connectivity index (χ1v) is 6.23. The predicted octanol–water partition coefficient (Wildman–Crippen LogP) is 3.66. The number of nitrogens with two attached hydrogens (primary N) is 1. The molecule has 3 rings (SSSR count). The van der Waals surface area contributed by atoms with Crippen LogP contribution in [0, 0.1) is 0 Å². The van der Waals surface area contributed by atoms with Crippen molar-refractivity contribution in [3.8, 4) is 10.6 Å². The summed E-state index contributed by atoms with van der Waals surface area (Å²) in [6.45, 7) is 0. The molecular weight excluding hydrogens is 275 g/mol. The molecule has 0 atom stereocenters. The second kappa shape index (κ2) is 3.99. The summed E-state index contributed by atoms with van der Waals surface area (Å²) < 4.78 is 39.2. The number of thiophene rings is 1. The number of rotatable bonds is 1. The zero-order valence-corrected chi connectivity index (χ0v) is 10.3. The Labute approximate surface area is 110 Å². The second-order valence-corrected chi connectivity index (χ2v) is 4.91. The molecule has 98 valence electrons. The van der Waals surface area contributed by atoms with Gasteiger partial charge in [-0.3, -0.25) is 4.40 Å². The third kappa shape index (κ3) is 1.95. The quantitative estimate of drug-likeness (QED) is 0.740. The third-order valence-electron chi connectivity index (χ3n) is 2.74. The molecule has 0 bridgehead atoms. The predicted molar refractivity (Wildman–Crippen MR) is 67.9 cm³/mol. The van der Waals surface area contributed by atoms with Crippen LogP contribution >= 0.6 is 11.3 Å². The van der Waals surface area contributed by atoms with Crippen LogP contribution in [0.2, 0.25) is 0 Å². The fraction of sp³-hybridized carbons (Fsp3) is 0.0833. The monoisotopic (exact) mass is 283 g/mol. The van der Waals surface area contributed by atoms with Crippen molar-refractivity contribution >= 4 is 22.8 Å². The Hall–Kier alpha value is -2.02. The molecule has 3 aromatic rings. The minimum absolute atomic E-state index is 0.212. The average Bonchev–Trinajstić information content (AvgIpc) is 2.96. The van der Waals surface area contributed by atoms with E-state index in [0.717, 1.165) is 17.1 Å². The first-order valence-electron chi connectivity index (χ1n) is 5.35. The number of halogens is 3. The van der Waals surface area contributed by atoms with Crippen molar-refractivity contribution < 1.29 is 13.2 Å². The van der Waals surface area contributed by atoms with Crippen LogP contribution in [-0.4, -0.2) is 9.38 Å². The van der Waals surface area contributed by atoms with E-state index in [9.17, 15) is 13.2 Å². The molecule has 0 aliphatic rings. The maximum absolute atomic E-state index is 12.7. The van der Waals surface area contributed by atoms with Gasteiger partial charge in [0.25, 0.3) is 0 Å². The van der Waals surface area contributed by atoms with Crippen molar-refractivity contribution in [1.29, 1.82) is 0 Å². The average molecular weight is 283 g/mol. The Morgan fingerprint density at radius 2 is 2.00 bits per heavy atom. The minimum atomic E-state index is -4.39. The number of nitrogens with zero attached hydrogens (tertiary/aromatic N) is 2. The standard InChI is InChI=1S/C12H8F3N3S/c13-12(14,15)7-3-4-9-17-10(8-2-1-5-19-8)11(16)18(9)6-7/h1-6H,16H2. The number of hydrogen-bond acceptors (Lipinski definition) is 3. The van der Waals surface area contributed by atoms with Gasteiger partial charge in [0.15, 0.2) is 0 Å². The highest BCUT2D eigenvalue weighted by Crippen LogP contribution is 2.33. The van der Waals surface area contributed by atoms with E-state index in [1.165, 1.54) is 21.8 Å². The lowest BCUT2D eigenvalue weighted by molar-refractivity contribution is -0.137. The van der Waals surface area contributed by atoms with E-state index >= 15 is 0 Å². The highest BCUT2D eigenvalue weighted by atomic mass is 32.1. The molecule has 0 aliphatic carbocycles. The van der Waals surface area contributed by atoms with E-state index in [1.807, 2.05) is 17.5 Å². The molecule has 0 unspecified atom stereocenters. The zero-order valence-electron chi connectivity index (χ0n) is 9.48. The van der Waals surface area contributed by atoms with Gasteiger partial charge >= 0.3 is 6.18 Å². The van der Waals surface area contributed by atoms with E-state index in [-0.39, 0.29) is 5.82 Å². The summed E-state index contributed by atoms with van der Waals surface area (Å²) >= 11 is 1.44. The molecule has 0 aliphatic heterocycles. The summed E-state index contributed by atoms with van der Waals surface area (Å²) in [7, 11) is 0. The third-order valence-corrected chi connectivity index (χ3v) is 3.61. The van der Waals surface area contributed by atoms with E-state index in [2.05, 4.69) is 4.98 Å². The maximum Gasteiger partial charge on any atom is 0.417 e. The smallest absolute Gasteiger partial charge is 0.383 e. The van der Waals surface area contributed by atoms with Crippen LogP contribution < -0.4 is 5.73 Å². The van der Waals surface area contributed by atoms with Crippen LogP contribution in [0.5, 0.6) is 0 Å². The Balaban J connectivity index is 2.22. The summed E-state index contributed by atoms with van der Waals surface area (Å²) in [6, 6.07) is 5.98. The van der Waals surface area contributed by atoms with Gasteiger partial charge in [-0.05, 0) is 23.6 Å². The topological polar surface area (TPSA) is 43.3 Å². The highest BCUT2D eigenvalue weighted by molar-refractivity contribution is 7.13. The molecule has 3 nitrogen and oxygen atoms in total. The molecule has 0 amide bonds. The maximum atomic E-state index is 12.7. The van der Waals surface area contributed by atoms with E-state index < -0.39 is 11.7 Å². The van der Waals surface area contributed by atoms with Crippen molar-refractivity contribution in [2.24, 2.45) is 0 Å².